The molecule has 160 valence electrons. The van der Waals surface area contributed by atoms with Crippen molar-refractivity contribution < 1.29 is 14.6 Å². The van der Waals surface area contributed by atoms with E-state index in [1.54, 1.807) is 0 Å². The first-order valence-electron chi connectivity index (χ1n) is 10.5. The molecule has 5 heteroatoms. The molecular weight excluding hydrogens is 388 g/mol. The van der Waals surface area contributed by atoms with E-state index in [1.165, 1.54) is 11.1 Å². The molecule has 4 rings (SSSR count). The first-order chi connectivity index (χ1) is 15.0. The lowest BCUT2D eigenvalue weighted by Gasteiger charge is -2.17. The zero-order valence-electron chi connectivity index (χ0n) is 18.2. The summed E-state index contributed by atoms with van der Waals surface area (Å²) < 4.78 is 13.9. The van der Waals surface area contributed by atoms with Gasteiger partial charge in [0, 0.05) is 0 Å². The van der Waals surface area contributed by atoms with Crippen LogP contribution in [0, 0.1) is 20.8 Å². The highest BCUT2D eigenvalue weighted by molar-refractivity contribution is 5.75. The van der Waals surface area contributed by atoms with Crippen molar-refractivity contribution in [2.24, 2.45) is 0 Å². The Morgan fingerprint density at radius 2 is 1.68 bits per heavy atom. The van der Waals surface area contributed by atoms with Gasteiger partial charge in [0.05, 0.1) is 17.6 Å². The Labute approximate surface area is 182 Å². The minimum Gasteiger partial charge on any atom is -0.491 e. The Bertz CT molecular complexity index is 1170. The van der Waals surface area contributed by atoms with Crippen molar-refractivity contribution in [1.29, 1.82) is 0 Å². The lowest BCUT2D eigenvalue weighted by molar-refractivity contribution is 0.0914. The van der Waals surface area contributed by atoms with Gasteiger partial charge in [-0.2, -0.15) is 0 Å². The molecule has 5 nitrogen and oxygen atoms in total. The van der Waals surface area contributed by atoms with Crippen molar-refractivity contribution in [3.8, 4) is 11.5 Å². The van der Waals surface area contributed by atoms with E-state index in [9.17, 15) is 5.11 Å². The van der Waals surface area contributed by atoms with Gasteiger partial charge < -0.3 is 19.1 Å². The molecule has 1 aromatic heterocycles. The molecular formula is C26H28N2O3. The van der Waals surface area contributed by atoms with Crippen LogP contribution in [0.25, 0.3) is 11.0 Å². The maximum atomic E-state index is 10.7. The van der Waals surface area contributed by atoms with E-state index in [1.807, 2.05) is 79.1 Å². The van der Waals surface area contributed by atoms with Crippen LogP contribution < -0.4 is 9.47 Å². The van der Waals surface area contributed by atoms with E-state index in [-0.39, 0.29) is 6.61 Å². The van der Waals surface area contributed by atoms with Gasteiger partial charge in [0.2, 0.25) is 0 Å². The quantitative estimate of drug-likeness (QED) is 0.440. The van der Waals surface area contributed by atoms with E-state index in [2.05, 4.69) is 13.0 Å². The van der Waals surface area contributed by atoms with Gasteiger partial charge in [-0.25, -0.2) is 4.98 Å². The predicted octanol–water partition coefficient (Wildman–Crippen LogP) is 4.98. The summed E-state index contributed by atoms with van der Waals surface area (Å²) in [7, 11) is 0. The van der Waals surface area contributed by atoms with Crippen LogP contribution in [-0.2, 0) is 13.2 Å². The number of hydrogen-bond donors (Lipinski definition) is 1. The fraction of sp³-hybridized carbons (Fsp3) is 0.269. The van der Waals surface area contributed by atoms with Gasteiger partial charge in [0.1, 0.15) is 36.6 Å². The number of aryl methyl sites for hydroxylation is 2. The molecule has 0 aliphatic rings. The van der Waals surface area contributed by atoms with Crippen molar-refractivity contribution in [3.63, 3.8) is 0 Å². The summed E-state index contributed by atoms with van der Waals surface area (Å²) in [6.07, 6.45) is -0.685. The molecule has 0 unspecified atom stereocenters. The average molecular weight is 417 g/mol. The van der Waals surface area contributed by atoms with Crippen LogP contribution in [0.1, 0.15) is 22.5 Å². The molecule has 0 saturated carbocycles. The number of aliphatic hydroxyl groups excluding tert-OH is 1. The SMILES string of the molecule is Cc1ccc(OCc2nc3ccccc3n2C[C@@H](O)COc2cccc(C)c2C)cc1. The van der Waals surface area contributed by atoms with Crippen LogP contribution >= 0.6 is 0 Å². The number of imidazole rings is 1. The summed E-state index contributed by atoms with van der Waals surface area (Å²) in [5.74, 6) is 2.37. The molecule has 0 radical (unpaired) electrons. The van der Waals surface area contributed by atoms with Gasteiger partial charge in [-0.05, 0) is 62.2 Å². The lowest BCUT2D eigenvalue weighted by atomic mass is 10.1. The molecule has 1 heterocycles. The molecule has 31 heavy (non-hydrogen) atoms. The number of para-hydroxylation sites is 2. The van der Waals surface area contributed by atoms with Gasteiger partial charge in [-0.3, -0.25) is 0 Å². The summed E-state index contributed by atoms with van der Waals surface area (Å²) in [6, 6.07) is 21.8. The highest BCUT2D eigenvalue weighted by Crippen LogP contribution is 2.22. The summed E-state index contributed by atoms with van der Waals surface area (Å²) in [5.41, 5.74) is 5.30. The zero-order valence-corrected chi connectivity index (χ0v) is 18.2. The normalized spacial score (nSPS) is 12.1. The topological polar surface area (TPSA) is 56.5 Å². The standard InChI is InChI=1S/C26H28N2O3/c1-18-11-13-22(14-12-18)30-17-26-27-23-8-4-5-9-24(23)28(26)15-21(29)16-31-25-10-6-7-19(2)20(25)3/h4-14,21,29H,15-17H2,1-3H3/t21-/m1/s1. The summed E-state index contributed by atoms with van der Waals surface area (Å²) in [5, 5.41) is 10.7. The number of ether oxygens (including phenoxy) is 2. The van der Waals surface area contributed by atoms with Crippen LogP contribution in [0.2, 0.25) is 0 Å². The van der Waals surface area contributed by atoms with Crippen molar-refractivity contribution in [2.45, 2.75) is 40.0 Å². The number of aliphatic hydroxyl groups is 1. The first-order valence-corrected chi connectivity index (χ1v) is 10.5. The average Bonchev–Trinajstić information content (AvgIpc) is 3.12. The Hall–Kier alpha value is -3.31. The number of nitrogens with zero attached hydrogens (tertiary/aromatic N) is 2. The monoisotopic (exact) mass is 416 g/mol. The Balaban J connectivity index is 1.49. The lowest BCUT2D eigenvalue weighted by Crippen LogP contribution is -2.25. The number of hydrogen-bond acceptors (Lipinski definition) is 4. The largest absolute Gasteiger partial charge is 0.491 e. The van der Waals surface area contributed by atoms with E-state index >= 15 is 0 Å². The summed E-state index contributed by atoms with van der Waals surface area (Å²) in [6.45, 7) is 7.03. The van der Waals surface area contributed by atoms with Crippen LogP contribution in [0.15, 0.2) is 66.7 Å². The van der Waals surface area contributed by atoms with Gasteiger partial charge in [-0.1, -0.05) is 42.0 Å². The second kappa shape index (κ2) is 9.23. The minimum atomic E-state index is -0.685. The second-order valence-electron chi connectivity index (χ2n) is 7.89. The molecule has 0 aliphatic heterocycles. The maximum absolute atomic E-state index is 10.7. The van der Waals surface area contributed by atoms with Gasteiger partial charge >= 0.3 is 0 Å². The molecule has 1 N–H and O–H groups in total. The molecule has 0 bridgehead atoms. The molecule has 0 spiro atoms. The maximum Gasteiger partial charge on any atom is 0.148 e. The third-order valence-electron chi connectivity index (χ3n) is 5.50. The first kappa shape index (κ1) is 20.9. The smallest absolute Gasteiger partial charge is 0.148 e. The molecule has 1 atom stereocenters. The van der Waals surface area contributed by atoms with Gasteiger partial charge in [0.25, 0.3) is 0 Å². The van der Waals surface area contributed by atoms with E-state index in [0.29, 0.717) is 13.2 Å². The van der Waals surface area contributed by atoms with Gasteiger partial charge in [0.15, 0.2) is 0 Å². The Morgan fingerprint density at radius 1 is 0.903 bits per heavy atom. The zero-order chi connectivity index (χ0) is 21.8. The van der Waals surface area contributed by atoms with Crippen molar-refractivity contribution >= 4 is 11.0 Å². The second-order valence-corrected chi connectivity index (χ2v) is 7.89. The molecule has 0 aliphatic carbocycles. The summed E-state index contributed by atoms with van der Waals surface area (Å²) in [4.78, 5) is 4.73. The minimum absolute atomic E-state index is 0.203. The molecule has 4 aromatic rings. The number of rotatable bonds is 8. The molecule has 0 saturated heterocycles. The van der Waals surface area contributed by atoms with Crippen LogP contribution in [0.3, 0.4) is 0 Å². The fourth-order valence-electron chi connectivity index (χ4n) is 3.55. The summed E-state index contributed by atoms with van der Waals surface area (Å²) >= 11 is 0. The Kier molecular flexibility index (Phi) is 6.23. The third-order valence-corrected chi connectivity index (χ3v) is 5.50. The van der Waals surface area contributed by atoms with Crippen molar-refractivity contribution in [2.75, 3.05) is 6.61 Å². The molecule has 0 fully saturated rings. The number of fused-ring (bicyclic) bond motifs is 1. The van der Waals surface area contributed by atoms with E-state index < -0.39 is 6.10 Å². The molecule has 3 aromatic carbocycles. The van der Waals surface area contributed by atoms with Crippen LogP contribution in [-0.4, -0.2) is 27.4 Å². The molecule has 0 amide bonds. The van der Waals surface area contributed by atoms with Gasteiger partial charge in [-0.15, -0.1) is 0 Å². The van der Waals surface area contributed by atoms with Crippen LogP contribution in [0.4, 0.5) is 0 Å². The highest BCUT2D eigenvalue weighted by atomic mass is 16.5. The van der Waals surface area contributed by atoms with Crippen molar-refractivity contribution in [3.05, 3.63) is 89.2 Å². The Morgan fingerprint density at radius 3 is 2.48 bits per heavy atom. The number of aromatic nitrogens is 2. The predicted molar refractivity (Wildman–Crippen MR) is 123 cm³/mol. The third kappa shape index (κ3) is 4.89. The fourth-order valence-corrected chi connectivity index (χ4v) is 3.55. The highest BCUT2D eigenvalue weighted by Gasteiger charge is 2.16. The van der Waals surface area contributed by atoms with Crippen LogP contribution in [0.5, 0.6) is 11.5 Å². The number of benzene rings is 3. The van der Waals surface area contributed by atoms with E-state index in [0.717, 1.165) is 33.9 Å². The van der Waals surface area contributed by atoms with E-state index in [4.69, 9.17) is 14.5 Å². The van der Waals surface area contributed by atoms with Crippen molar-refractivity contribution in [1.82, 2.24) is 9.55 Å².